The number of fused-ring (bicyclic) bond motifs is 2. The van der Waals surface area contributed by atoms with Gasteiger partial charge in [0, 0.05) is 32.9 Å². The van der Waals surface area contributed by atoms with E-state index in [1.807, 2.05) is 56.6 Å². The van der Waals surface area contributed by atoms with Crippen molar-refractivity contribution in [1.29, 1.82) is 0 Å². The Bertz CT molecular complexity index is 1520. The normalized spacial score (nSPS) is 14.4. The summed E-state index contributed by atoms with van der Waals surface area (Å²) >= 11 is 1.84. The molecule has 0 bridgehead atoms. The maximum Gasteiger partial charge on any atom is 0.245 e. The first-order valence-electron chi connectivity index (χ1n) is 12.7. The molecule has 0 spiro atoms. The predicted octanol–water partition coefficient (Wildman–Crippen LogP) is 4.82. The van der Waals surface area contributed by atoms with Crippen molar-refractivity contribution in [3.05, 3.63) is 53.3 Å². The van der Waals surface area contributed by atoms with Crippen LogP contribution in [0.5, 0.6) is 0 Å². The van der Waals surface area contributed by atoms with E-state index >= 15 is 0 Å². The van der Waals surface area contributed by atoms with Gasteiger partial charge in [-0.2, -0.15) is 5.10 Å². The zero-order valence-electron chi connectivity index (χ0n) is 21.7. The number of nitrogens with zero attached hydrogens (tertiary/aromatic N) is 7. The fourth-order valence-corrected chi connectivity index (χ4v) is 5.95. The summed E-state index contributed by atoms with van der Waals surface area (Å²) in [5.74, 6) is 3.24. The molecule has 0 aliphatic carbocycles. The Morgan fingerprint density at radius 3 is 2.57 bits per heavy atom. The first-order chi connectivity index (χ1) is 18.0. The lowest BCUT2D eigenvalue weighted by molar-refractivity contribution is 0.289. The van der Waals surface area contributed by atoms with Gasteiger partial charge in [-0.15, -0.1) is 11.8 Å². The van der Waals surface area contributed by atoms with E-state index in [-0.39, 0.29) is 0 Å². The number of oxazole rings is 2. The molecule has 1 aliphatic rings. The Kier molecular flexibility index (Phi) is 6.37. The highest BCUT2D eigenvalue weighted by atomic mass is 32.2. The Hall–Kier alpha value is -3.37. The predicted molar refractivity (Wildman–Crippen MR) is 144 cm³/mol. The lowest BCUT2D eigenvalue weighted by atomic mass is 10.0. The Morgan fingerprint density at radius 1 is 1.03 bits per heavy atom. The van der Waals surface area contributed by atoms with Crippen molar-refractivity contribution in [2.75, 3.05) is 25.4 Å². The van der Waals surface area contributed by atoms with Crippen molar-refractivity contribution in [1.82, 2.24) is 34.2 Å². The zero-order chi connectivity index (χ0) is 25.5. The van der Waals surface area contributed by atoms with Crippen molar-refractivity contribution in [2.24, 2.45) is 14.1 Å². The van der Waals surface area contributed by atoms with Crippen molar-refractivity contribution >= 4 is 22.9 Å². The highest BCUT2D eigenvalue weighted by Gasteiger charge is 2.19. The molecule has 0 saturated heterocycles. The zero-order valence-corrected chi connectivity index (χ0v) is 22.5. The van der Waals surface area contributed by atoms with Crippen molar-refractivity contribution in [3.8, 4) is 23.2 Å². The van der Waals surface area contributed by atoms with E-state index < -0.39 is 0 Å². The summed E-state index contributed by atoms with van der Waals surface area (Å²) in [4.78, 5) is 16.1. The molecule has 1 aliphatic heterocycles. The molecule has 37 heavy (non-hydrogen) atoms. The summed E-state index contributed by atoms with van der Waals surface area (Å²) in [5, 5.41) is 5.57. The van der Waals surface area contributed by atoms with Crippen molar-refractivity contribution < 1.29 is 8.83 Å². The maximum atomic E-state index is 6.14. The molecule has 0 fully saturated rings. The van der Waals surface area contributed by atoms with Crippen LogP contribution in [-0.2, 0) is 26.9 Å². The van der Waals surface area contributed by atoms with Crippen molar-refractivity contribution in [2.45, 2.75) is 38.1 Å². The summed E-state index contributed by atoms with van der Waals surface area (Å²) in [6, 6.07) is 6.42. The molecule has 6 rings (SSSR count). The van der Waals surface area contributed by atoms with Gasteiger partial charge in [0.05, 0.1) is 22.6 Å². The smallest absolute Gasteiger partial charge is 0.245 e. The molecular weight excluding hydrogens is 486 g/mol. The van der Waals surface area contributed by atoms with E-state index in [4.69, 9.17) is 13.8 Å². The molecule has 0 atom stereocenters. The molecule has 4 aromatic heterocycles. The molecule has 0 radical (unpaired) electrons. The van der Waals surface area contributed by atoms with E-state index in [0.29, 0.717) is 5.89 Å². The maximum absolute atomic E-state index is 6.14. The van der Waals surface area contributed by atoms with Crippen LogP contribution in [-0.4, -0.2) is 59.6 Å². The van der Waals surface area contributed by atoms with Crippen LogP contribution >= 0.6 is 11.8 Å². The Labute approximate surface area is 219 Å². The molecule has 0 unspecified atom stereocenters. The van der Waals surface area contributed by atoms with E-state index in [1.54, 1.807) is 0 Å². The number of aryl methyl sites for hydroxylation is 3. The van der Waals surface area contributed by atoms with Crippen LogP contribution in [0.1, 0.15) is 28.9 Å². The Morgan fingerprint density at radius 2 is 1.84 bits per heavy atom. The molecule has 10 heteroatoms. The molecule has 0 saturated carbocycles. The molecule has 1 aromatic carbocycles. The largest absolute Gasteiger partial charge is 0.440 e. The van der Waals surface area contributed by atoms with Gasteiger partial charge in [0.1, 0.15) is 11.2 Å². The van der Waals surface area contributed by atoms with Gasteiger partial charge in [-0.25, -0.2) is 15.0 Å². The van der Waals surface area contributed by atoms with Crippen LogP contribution in [0.2, 0.25) is 0 Å². The number of hydrogen-bond donors (Lipinski definition) is 0. The third-order valence-electron chi connectivity index (χ3n) is 7.09. The second kappa shape index (κ2) is 9.83. The molecule has 5 aromatic rings. The average Bonchev–Trinajstić information content (AvgIpc) is 3.62. The first kappa shape index (κ1) is 24.0. The minimum atomic E-state index is 0.633. The second-order valence-electron chi connectivity index (χ2n) is 9.69. The number of hydrogen-bond acceptors (Lipinski definition) is 8. The standard InChI is InChI=1S/C27H31N7O2S/c1-17-12-22(33(4)31-17)27-30-21-13-19-6-9-34(10-7-20(19)14-23(21)36-27)8-5-11-37-24-15-28-26(32(24)3)25-18(2)29-16-35-25/h12-16H,5-11H2,1-4H3. The molecule has 9 nitrogen and oxygen atoms in total. The van der Waals surface area contributed by atoms with E-state index in [0.717, 1.165) is 89.4 Å². The van der Waals surface area contributed by atoms with Crippen LogP contribution in [0.4, 0.5) is 0 Å². The SMILES string of the molecule is Cc1cc(-c2nc3cc4c(cc3o2)CCN(CCCSc2cnc(-c3ocnc3C)n2C)CC4)n(C)n1. The first-order valence-corrected chi connectivity index (χ1v) is 13.7. The van der Waals surface area contributed by atoms with Crippen LogP contribution in [0.25, 0.3) is 34.3 Å². The van der Waals surface area contributed by atoms with Gasteiger partial charge < -0.3 is 18.3 Å². The van der Waals surface area contributed by atoms with Gasteiger partial charge in [0.15, 0.2) is 23.6 Å². The van der Waals surface area contributed by atoms with Crippen molar-refractivity contribution in [3.63, 3.8) is 0 Å². The quantitative estimate of drug-likeness (QED) is 0.224. The van der Waals surface area contributed by atoms with Gasteiger partial charge >= 0.3 is 0 Å². The summed E-state index contributed by atoms with van der Waals surface area (Å²) < 4.78 is 15.6. The van der Waals surface area contributed by atoms with E-state index in [9.17, 15) is 0 Å². The number of benzene rings is 1. The minimum Gasteiger partial charge on any atom is -0.440 e. The fourth-order valence-electron chi connectivity index (χ4n) is 5.06. The molecule has 5 heterocycles. The number of rotatable bonds is 7. The van der Waals surface area contributed by atoms with Gasteiger partial charge in [0.25, 0.3) is 0 Å². The van der Waals surface area contributed by atoms with Gasteiger partial charge in [-0.1, -0.05) is 0 Å². The van der Waals surface area contributed by atoms with Gasteiger partial charge in [0.2, 0.25) is 5.89 Å². The van der Waals surface area contributed by atoms with E-state index in [2.05, 4.69) is 36.7 Å². The monoisotopic (exact) mass is 517 g/mol. The second-order valence-corrected chi connectivity index (χ2v) is 10.8. The topological polar surface area (TPSA) is 90.9 Å². The molecular formula is C27H31N7O2S. The van der Waals surface area contributed by atoms with Crippen LogP contribution in [0.3, 0.4) is 0 Å². The van der Waals surface area contributed by atoms with E-state index in [1.165, 1.54) is 17.5 Å². The number of imidazole rings is 1. The molecule has 0 N–H and O–H groups in total. The van der Waals surface area contributed by atoms with Crippen LogP contribution < -0.4 is 0 Å². The van der Waals surface area contributed by atoms with Gasteiger partial charge in [-0.05, 0) is 69.0 Å². The third-order valence-corrected chi connectivity index (χ3v) is 8.26. The summed E-state index contributed by atoms with van der Waals surface area (Å²) in [6.07, 6.45) is 6.59. The summed E-state index contributed by atoms with van der Waals surface area (Å²) in [5.41, 5.74) is 7.26. The van der Waals surface area contributed by atoms with Crippen LogP contribution in [0, 0.1) is 13.8 Å². The summed E-state index contributed by atoms with van der Waals surface area (Å²) in [7, 11) is 3.96. The number of aromatic nitrogens is 6. The highest BCUT2D eigenvalue weighted by molar-refractivity contribution is 7.99. The average molecular weight is 518 g/mol. The van der Waals surface area contributed by atoms with Crippen LogP contribution in [0.15, 0.2) is 44.6 Å². The number of thioether (sulfide) groups is 1. The highest BCUT2D eigenvalue weighted by Crippen LogP contribution is 2.29. The lowest BCUT2D eigenvalue weighted by Gasteiger charge is -2.19. The minimum absolute atomic E-state index is 0.633. The lowest BCUT2D eigenvalue weighted by Crippen LogP contribution is -2.27. The van der Waals surface area contributed by atoms with Gasteiger partial charge in [-0.3, -0.25) is 4.68 Å². The molecule has 192 valence electrons. The molecule has 0 amide bonds. The third kappa shape index (κ3) is 4.71. The Balaban J connectivity index is 1.05. The summed E-state index contributed by atoms with van der Waals surface area (Å²) in [6.45, 7) is 7.13. The fraction of sp³-hybridized carbons (Fsp3) is 0.407.